The van der Waals surface area contributed by atoms with Gasteiger partial charge in [-0.25, -0.2) is 9.59 Å². The second-order valence-corrected chi connectivity index (χ2v) is 4.02. The van der Waals surface area contributed by atoms with Gasteiger partial charge in [-0.15, -0.1) is 0 Å². The van der Waals surface area contributed by atoms with Crippen molar-refractivity contribution in [3.8, 4) is 6.07 Å². The maximum atomic E-state index is 11.6. The zero-order valence-corrected chi connectivity index (χ0v) is 11.9. The molecule has 0 saturated heterocycles. The number of nitrogens with zero attached hydrogens (tertiary/aromatic N) is 1. The maximum Gasteiger partial charge on any atom is 0.350 e. The summed E-state index contributed by atoms with van der Waals surface area (Å²) >= 11 is 0. The zero-order chi connectivity index (χ0) is 15.7. The lowest BCUT2D eigenvalue weighted by molar-refractivity contribution is -0.135. The highest BCUT2D eigenvalue weighted by molar-refractivity contribution is 5.93. The second-order valence-electron chi connectivity index (χ2n) is 4.02. The Bertz CT molecular complexity index is 570. The molecule has 1 N–H and O–H groups in total. The van der Waals surface area contributed by atoms with Crippen molar-refractivity contribution in [3.63, 3.8) is 0 Å². The van der Waals surface area contributed by atoms with Crippen molar-refractivity contribution in [2.24, 2.45) is 0 Å². The topological polar surface area (TPSA) is 88.4 Å². The minimum atomic E-state index is -0.718. The summed E-state index contributed by atoms with van der Waals surface area (Å²) in [6, 6.07) is 8.21. The molecule has 6 heteroatoms. The Morgan fingerprint density at radius 3 is 2.52 bits per heavy atom. The molecule has 0 bridgehead atoms. The van der Waals surface area contributed by atoms with Crippen LogP contribution in [0, 0.1) is 11.3 Å². The van der Waals surface area contributed by atoms with Crippen molar-refractivity contribution in [3.05, 3.63) is 41.6 Å². The summed E-state index contributed by atoms with van der Waals surface area (Å²) in [5.74, 6) is -1.10. The van der Waals surface area contributed by atoms with Gasteiger partial charge in [-0.2, -0.15) is 5.26 Å². The Balaban J connectivity index is 2.71. The molecule has 1 aromatic carbocycles. The van der Waals surface area contributed by atoms with Gasteiger partial charge in [0.05, 0.1) is 19.3 Å². The lowest BCUT2D eigenvalue weighted by Crippen LogP contribution is -2.06. The molecule has 0 aliphatic heterocycles. The normalized spacial score (nSPS) is 10.4. The summed E-state index contributed by atoms with van der Waals surface area (Å²) in [5, 5.41) is 11.6. The highest BCUT2D eigenvalue weighted by Crippen LogP contribution is 2.11. The van der Waals surface area contributed by atoms with Crippen LogP contribution in [0.5, 0.6) is 0 Å². The second kappa shape index (κ2) is 8.38. The van der Waals surface area contributed by atoms with E-state index >= 15 is 0 Å². The molecule has 1 rings (SSSR count). The lowest BCUT2D eigenvalue weighted by Gasteiger charge is -2.05. The molecule has 0 amide bonds. The molecule has 1 aromatic rings. The van der Waals surface area contributed by atoms with Crippen LogP contribution in [0.4, 0.5) is 5.69 Å². The smallest absolute Gasteiger partial charge is 0.350 e. The highest BCUT2D eigenvalue weighted by Gasteiger charge is 2.08. The molecular formula is C15H16N2O4. The van der Waals surface area contributed by atoms with Crippen LogP contribution in [0.25, 0.3) is 0 Å². The summed E-state index contributed by atoms with van der Waals surface area (Å²) in [4.78, 5) is 22.8. The monoisotopic (exact) mass is 288 g/mol. The van der Waals surface area contributed by atoms with Crippen molar-refractivity contribution in [1.82, 2.24) is 0 Å². The van der Waals surface area contributed by atoms with Crippen molar-refractivity contribution in [2.75, 3.05) is 19.0 Å². The standard InChI is InChI=1S/C15H16N2O4/c1-3-8-21-15(19)11-4-6-13(7-5-11)17-10-12(9-16)14(18)20-2/h4-7,10,17H,3,8H2,1-2H3/b12-10+. The number of nitrogens with one attached hydrogen (secondary N) is 1. The molecule has 0 atom stereocenters. The molecule has 0 heterocycles. The first-order valence-electron chi connectivity index (χ1n) is 6.34. The van der Waals surface area contributed by atoms with Gasteiger partial charge >= 0.3 is 11.9 Å². The van der Waals surface area contributed by atoms with Crippen LogP contribution >= 0.6 is 0 Å². The fraction of sp³-hybridized carbons (Fsp3) is 0.267. The van der Waals surface area contributed by atoms with Gasteiger partial charge < -0.3 is 14.8 Å². The van der Waals surface area contributed by atoms with E-state index in [1.807, 2.05) is 6.92 Å². The minimum absolute atomic E-state index is 0.149. The van der Waals surface area contributed by atoms with Crippen LogP contribution < -0.4 is 5.32 Å². The minimum Gasteiger partial charge on any atom is -0.465 e. The molecule has 0 aliphatic carbocycles. The van der Waals surface area contributed by atoms with Gasteiger partial charge in [-0.3, -0.25) is 0 Å². The summed E-state index contributed by atoms with van der Waals surface area (Å²) in [6.45, 7) is 2.30. The molecule has 0 fully saturated rings. The van der Waals surface area contributed by atoms with Gasteiger partial charge in [0.15, 0.2) is 5.57 Å². The van der Waals surface area contributed by atoms with E-state index in [2.05, 4.69) is 10.1 Å². The SMILES string of the molecule is CCCOC(=O)c1ccc(N/C=C(\C#N)C(=O)OC)cc1. The fourth-order valence-corrected chi connectivity index (χ4v) is 1.38. The number of ether oxygens (including phenoxy) is 2. The summed E-state index contributed by atoms with van der Waals surface area (Å²) in [6.07, 6.45) is 2.01. The molecule has 0 unspecified atom stereocenters. The number of carbonyl (C=O) groups excluding carboxylic acids is 2. The Morgan fingerprint density at radius 2 is 2.00 bits per heavy atom. The Labute approximate surface area is 123 Å². The number of methoxy groups -OCH3 is 1. The van der Waals surface area contributed by atoms with E-state index in [9.17, 15) is 9.59 Å². The number of rotatable bonds is 6. The lowest BCUT2D eigenvalue weighted by atomic mass is 10.2. The van der Waals surface area contributed by atoms with Gasteiger partial charge in [-0.05, 0) is 30.7 Å². The molecule has 110 valence electrons. The zero-order valence-electron chi connectivity index (χ0n) is 11.9. The molecule has 0 spiro atoms. The van der Waals surface area contributed by atoms with Gasteiger partial charge in [0.25, 0.3) is 0 Å². The third-order valence-electron chi connectivity index (χ3n) is 2.47. The van der Waals surface area contributed by atoms with Crippen LogP contribution in [0.3, 0.4) is 0 Å². The first kappa shape index (κ1) is 16.2. The van der Waals surface area contributed by atoms with Crippen LogP contribution in [-0.4, -0.2) is 25.7 Å². The van der Waals surface area contributed by atoms with Crippen molar-refractivity contribution < 1.29 is 19.1 Å². The largest absolute Gasteiger partial charge is 0.465 e. The average Bonchev–Trinajstić information content (AvgIpc) is 2.53. The van der Waals surface area contributed by atoms with Crippen molar-refractivity contribution in [2.45, 2.75) is 13.3 Å². The van der Waals surface area contributed by atoms with Gasteiger partial charge in [0, 0.05) is 11.9 Å². The number of esters is 2. The molecule has 21 heavy (non-hydrogen) atoms. The molecule has 0 radical (unpaired) electrons. The fourth-order valence-electron chi connectivity index (χ4n) is 1.38. The quantitative estimate of drug-likeness (QED) is 0.490. The number of anilines is 1. The van der Waals surface area contributed by atoms with Crippen molar-refractivity contribution >= 4 is 17.6 Å². The molecule has 0 aliphatic rings. The molecular weight excluding hydrogens is 272 g/mol. The van der Waals surface area contributed by atoms with Crippen LogP contribution in [0.2, 0.25) is 0 Å². The molecule has 6 nitrogen and oxygen atoms in total. The van der Waals surface area contributed by atoms with E-state index in [4.69, 9.17) is 10.00 Å². The number of carbonyl (C=O) groups is 2. The van der Waals surface area contributed by atoms with E-state index < -0.39 is 5.97 Å². The third-order valence-corrected chi connectivity index (χ3v) is 2.47. The Kier molecular flexibility index (Phi) is 6.48. The number of benzene rings is 1. The van der Waals surface area contributed by atoms with Gasteiger partial charge in [0.1, 0.15) is 6.07 Å². The Hall–Kier alpha value is -2.81. The number of hydrogen-bond donors (Lipinski definition) is 1. The van der Waals surface area contributed by atoms with Crippen LogP contribution in [0.1, 0.15) is 23.7 Å². The maximum absolute atomic E-state index is 11.6. The summed E-state index contributed by atoms with van der Waals surface area (Å²) in [7, 11) is 1.20. The van der Waals surface area contributed by atoms with Gasteiger partial charge in [0.2, 0.25) is 0 Å². The predicted molar refractivity (Wildman–Crippen MR) is 76.4 cm³/mol. The van der Waals surface area contributed by atoms with Crippen LogP contribution in [0.15, 0.2) is 36.0 Å². The van der Waals surface area contributed by atoms with E-state index in [1.54, 1.807) is 30.3 Å². The first-order chi connectivity index (χ1) is 10.1. The summed E-state index contributed by atoms with van der Waals surface area (Å²) in [5.41, 5.74) is 0.911. The molecule has 0 aromatic heterocycles. The average molecular weight is 288 g/mol. The number of hydrogen-bond acceptors (Lipinski definition) is 6. The predicted octanol–water partition coefficient (Wildman–Crippen LogP) is 2.25. The van der Waals surface area contributed by atoms with Gasteiger partial charge in [-0.1, -0.05) is 6.92 Å². The summed E-state index contributed by atoms with van der Waals surface area (Å²) < 4.78 is 9.45. The van der Waals surface area contributed by atoms with E-state index in [0.29, 0.717) is 17.9 Å². The third kappa shape index (κ3) is 4.99. The van der Waals surface area contributed by atoms with Crippen LogP contribution in [-0.2, 0) is 14.3 Å². The highest BCUT2D eigenvalue weighted by atomic mass is 16.5. The van der Waals surface area contributed by atoms with E-state index in [1.165, 1.54) is 13.3 Å². The van der Waals surface area contributed by atoms with E-state index in [0.717, 1.165) is 6.42 Å². The molecule has 0 saturated carbocycles. The first-order valence-corrected chi connectivity index (χ1v) is 6.34. The van der Waals surface area contributed by atoms with E-state index in [-0.39, 0.29) is 11.5 Å². The Morgan fingerprint density at radius 1 is 1.33 bits per heavy atom. The van der Waals surface area contributed by atoms with Crippen molar-refractivity contribution in [1.29, 1.82) is 5.26 Å². The number of nitriles is 1.